The molecule has 1 aromatic carbocycles. The standard InChI is InChI=1S/C23H32N6O/c1-24-23(26-16-20-10-7-11-21(27-20)28(2)3)25-15-19-14-22(30)29(17-19)13-12-18-8-5-4-6-9-18/h4-11,19H,12-17H2,1-3H3,(H2,24,25,26). The first kappa shape index (κ1) is 21.6. The van der Waals surface area contributed by atoms with Gasteiger partial charge in [0, 0.05) is 53.1 Å². The van der Waals surface area contributed by atoms with Gasteiger partial charge in [-0.15, -0.1) is 0 Å². The SMILES string of the molecule is CN=C(NCc1cccc(N(C)C)n1)NCC1CC(=O)N(CCc2ccccc2)C1. The van der Waals surface area contributed by atoms with E-state index in [9.17, 15) is 4.79 Å². The molecule has 1 fully saturated rings. The van der Waals surface area contributed by atoms with Crippen LogP contribution in [0.5, 0.6) is 0 Å². The Morgan fingerprint density at radius 3 is 2.70 bits per heavy atom. The number of nitrogens with one attached hydrogen (secondary N) is 2. The smallest absolute Gasteiger partial charge is 0.223 e. The maximum Gasteiger partial charge on any atom is 0.223 e. The number of carbonyl (C=O) groups is 1. The average molecular weight is 409 g/mol. The van der Waals surface area contributed by atoms with Crippen molar-refractivity contribution in [2.75, 3.05) is 45.7 Å². The second-order valence-electron chi connectivity index (χ2n) is 7.83. The van der Waals surface area contributed by atoms with Crippen molar-refractivity contribution in [1.29, 1.82) is 0 Å². The number of anilines is 1. The molecule has 160 valence electrons. The minimum atomic E-state index is 0.241. The highest BCUT2D eigenvalue weighted by atomic mass is 16.2. The van der Waals surface area contributed by atoms with Gasteiger partial charge in [0.1, 0.15) is 5.82 Å². The van der Waals surface area contributed by atoms with E-state index >= 15 is 0 Å². The van der Waals surface area contributed by atoms with Crippen molar-refractivity contribution in [2.45, 2.75) is 19.4 Å². The molecule has 1 atom stereocenters. The molecule has 1 unspecified atom stereocenters. The number of amides is 1. The van der Waals surface area contributed by atoms with Crippen molar-refractivity contribution in [3.8, 4) is 0 Å². The van der Waals surface area contributed by atoms with Gasteiger partial charge in [0.25, 0.3) is 0 Å². The monoisotopic (exact) mass is 408 g/mol. The van der Waals surface area contributed by atoms with Gasteiger partial charge in [0.05, 0.1) is 12.2 Å². The molecule has 1 aliphatic heterocycles. The number of benzene rings is 1. The van der Waals surface area contributed by atoms with Crippen molar-refractivity contribution >= 4 is 17.7 Å². The lowest BCUT2D eigenvalue weighted by Crippen LogP contribution is -2.40. The van der Waals surface area contributed by atoms with Crippen LogP contribution >= 0.6 is 0 Å². The van der Waals surface area contributed by atoms with Gasteiger partial charge in [-0.3, -0.25) is 9.79 Å². The largest absolute Gasteiger partial charge is 0.363 e. The summed E-state index contributed by atoms with van der Waals surface area (Å²) < 4.78 is 0. The summed E-state index contributed by atoms with van der Waals surface area (Å²) in [5.74, 6) is 2.19. The first-order valence-electron chi connectivity index (χ1n) is 10.4. The third kappa shape index (κ3) is 6.20. The summed E-state index contributed by atoms with van der Waals surface area (Å²) in [5.41, 5.74) is 2.22. The quantitative estimate of drug-likeness (QED) is 0.516. The fraction of sp³-hybridized carbons (Fsp3) is 0.435. The molecule has 2 heterocycles. The highest BCUT2D eigenvalue weighted by Crippen LogP contribution is 2.17. The molecule has 7 nitrogen and oxygen atoms in total. The molecular formula is C23H32N6O. The molecule has 0 bridgehead atoms. The summed E-state index contributed by atoms with van der Waals surface area (Å²) >= 11 is 0. The van der Waals surface area contributed by atoms with Crippen LogP contribution in [0, 0.1) is 5.92 Å². The fourth-order valence-corrected chi connectivity index (χ4v) is 3.57. The Bertz CT molecular complexity index is 852. The van der Waals surface area contributed by atoms with Crippen molar-refractivity contribution in [3.63, 3.8) is 0 Å². The lowest BCUT2D eigenvalue weighted by molar-refractivity contribution is -0.127. The topological polar surface area (TPSA) is 72.9 Å². The van der Waals surface area contributed by atoms with E-state index in [1.165, 1.54) is 5.56 Å². The molecule has 7 heteroatoms. The molecule has 0 spiro atoms. The summed E-state index contributed by atoms with van der Waals surface area (Å²) in [6, 6.07) is 16.3. The maximum atomic E-state index is 12.4. The summed E-state index contributed by atoms with van der Waals surface area (Å²) in [4.78, 5) is 25.2. The number of hydrogen-bond donors (Lipinski definition) is 2. The van der Waals surface area contributed by atoms with Gasteiger partial charge in [-0.2, -0.15) is 0 Å². The van der Waals surface area contributed by atoms with Crippen LogP contribution in [0.1, 0.15) is 17.7 Å². The lowest BCUT2D eigenvalue weighted by atomic mass is 10.1. The first-order valence-corrected chi connectivity index (χ1v) is 10.4. The van der Waals surface area contributed by atoms with Crippen LogP contribution in [-0.2, 0) is 17.8 Å². The second kappa shape index (κ2) is 10.6. The number of nitrogens with zero attached hydrogens (tertiary/aromatic N) is 4. The van der Waals surface area contributed by atoms with Crippen LogP contribution in [-0.4, -0.2) is 62.5 Å². The van der Waals surface area contributed by atoms with E-state index in [2.05, 4.69) is 32.7 Å². The molecule has 1 aromatic heterocycles. The number of carbonyl (C=O) groups excluding carboxylic acids is 1. The van der Waals surface area contributed by atoms with Crippen LogP contribution in [0.3, 0.4) is 0 Å². The first-order chi connectivity index (χ1) is 14.5. The number of guanidine groups is 1. The van der Waals surface area contributed by atoms with Crippen molar-refractivity contribution < 1.29 is 4.79 Å². The molecule has 1 amide bonds. The Balaban J connectivity index is 1.42. The molecule has 2 N–H and O–H groups in total. The Morgan fingerprint density at radius 2 is 1.97 bits per heavy atom. The number of aromatic nitrogens is 1. The molecule has 0 saturated carbocycles. The number of hydrogen-bond acceptors (Lipinski definition) is 4. The molecular weight excluding hydrogens is 376 g/mol. The molecule has 3 rings (SSSR count). The number of rotatable bonds is 8. The van der Waals surface area contributed by atoms with Gasteiger partial charge >= 0.3 is 0 Å². The lowest BCUT2D eigenvalue weighted by Gasteiger charge is -2.18. The van der Waals surface area contributed by atoms with Crippen LogP contribution in [0.2, 0.25) is 0 Å². The molecule has 30 heavy (non-hydrogen) atoms. The Morgan fingerprint density at radius 1 is 1.17 bits per heavy atom. The van der Waals surface area contributed by atoms with Crippen LogP contribution in [0.25, 0.3) is 0 Å². The summed E-state index contributed by atoms with van der Waals surface area (Å²) in [7, 11) is 5.71. The van der Waals surface area contributed by atoms with Crippen LogP contribution in [0.4, 0.5) is 5.82 Å². The zero-order valence-electron chi connectivity index (χ0n) is 18.1. The second-order valence-corrected chi connectivity index (χ2v) is 7.83. The zero-order valence-corrected chi connectivity index (χ0v) is 18.1. The van der Waals surface area contributed by atoms with E-state index in [1.807, 2.05) is 60.3 Å². The van der Waals surface area contributed by atoms with Gasteiger partial charge in [0.2, 0.25) is 5.91 Å². The number of pyridine rings is 1. The van der Waals surface area contributed by atoms with Gasteiger partial charge in [-0.05, 0) is 24.1 Å². The molecule has 0 radical (unpaired) electrons. The van der Waals surface area contributed by atoms with Crippen LogP contribution < -0.4 is 15.5 Å². The van der Waals surface area contributed by atoms with E-state index in [0.717, 1.165) is 43.5 Å². The van der Waals surface area contributed by atoms with E-state index < -0.39 is 0 Å². The molecule has 1 aliphatic rings. The van der Waals surface area contributed by atoms with Crippen molar-refractivity contribution in [3.05, 3.63) is 59.8 Å². The Labute approximate surface area is 179 Å². The third-order valence-corrected chi connectivity index (χ3v) is 5.28. The summed E-state index contributed by atoms with van der Waals surface area (Å²) in [5, 5.41) is 6.66. The molecule has 1 saturated heterocycles. The highest BCUT2D eigenvalue weighted by Gasteiger charge is 2.29. The average Bonchev–Trinajstić information content (AvgIpc) is 3.12. The Kier molecular flexibility index (Phi) is 7.65. The predicted molar refractivity (Wildman–Crippen MR) is 122 cm³/mol. The summed E-state index contributed by atoms with van der Waals surface area (Å²) in [6.45, 7) is 2.88. The fourth-order valence-electron chi connectivity index (χ4n) is 3.57. The van der Waals surface area contributed by atoms with Gasteiger partial charge in [-0.1, -0.05) is 36.4 Å². The minimum absolute atomic E-state index is 0.241. The van der Waals surface area contributed by atoms with Crippen molar-refractivity contribution in [2.24, 2.45) is 10.9 Å². The van der Waals surface area contributed by atoms with E-state index in [-0.39, 0.29) is 5.91 Å². The minimum Gasteiger partial charge on any atom is -0.363 e. The van der Waals surface area contributed by atoms with E-state index in [4.69, 9.17) is 0 Å². The molecule has 0 aliphatic carbocycles. The van der Waals surface area contributed by atoms with E-state index in [0.29, 0.717) is 18.9 Å². The molecule has 2 aromatic rings. The van der Waals surface area contributed by atoms with Gasteiger partial charge in [-0.25, -0.2) is 4.98 Å². The number of likely N-dealkylation sites (tertiary alicyclic amines) is 1. The van der Waals surface area contributed by atoms with Gasteiger partial charge < -0.3 is 20.4 Å². The van der Waals surface area contributed by atoms with Gasteiger partial charge in [0.15, 0.2) is 5.96 Å². The normalized spacial score (nSPS) is 16.6. The van der Waals surface area contributed by atoms with Crippen LogP contribution in [0.15, 0.2) is 53.5 Å². The Hall–Kier alpha value is -3.09. The summed E-state index contributed by atoms with van der Waals surface area (Å²) in [6.07, 6.45) is 1.49. The van der Waals surface area contributed by atoms with Crippen molar-refractivity contribution in [1.82, 2.24) is 20.5 Å². The third-order valence-electron chi connectivity index (χ3n) is 5.28. The highest BCUT2D eigenvalue weighted by molar-refractivity contribution is 5.80. The zero-order chi connectivity index (χ0) is 21.3. The van der Waals surface area contributed by atoms with E-state index in [1.54, 1.807) is 7.05 Å². The predicted octanol–water partition coefficient (Wildman–Crippen LogP) is 1.90. The number of aliphatic imine (C=N–C) groups is 1. The maximum absolute atomic E-state index is 12.4.